The predicted octanol–water partition coefficient (Wildman–Crippen LogP) is 5.60. The number of carbonyl (C=O) groups excluding carboxylic acids is 2. The van der Waals surface area contributed by atoms with E-state index in [0.29, 0.717) is 13.0 Å². The molecule has 0 aliphatic heterocycles. The number of rotatable bonds is 16. The normalized spacial score (nSPS) is 10.6. The van der Waals surface area contributed by atoms with Crippen LogP contribution < -0.4 is 0 Å². The Balaban J connectivity index is 3.37. The van der Waals surface area contributed by atoms with Crippen LogP contribution in [0.2, 0.25) is 0 Å². The van der Waals surface area contributed by atoms with Crippen LogP contribution in [0.3, 0.4) is 0 Å². The van der Waals surface area contributed by atoms with E-state index in [0.717, 1.165) is 25.7 Å². The lowest BCUT2D eigenvalue weighted by atomic mass is 10.1. The number of ether oxygens (including phenoxy) is 1. The molecule has 0 saturated heterocycles. The van der Waals surface area contributed by atoms with Crippen molar-refractivity contribution in [1.82, 2.24) is 0 Å². The summed E-state index contributed by atoms with van der Waals surface area (Å²) in [7, 11) is 0. The van der Waals surface area contributed by atoms with Crippen molar-refractivity contribution in [3.05, 3.63) is 0 Å². The summed E-state index contributed by atoms with van der Waals surface area (Å²) in [5, 5.41) is 0. The average molecular weight is 312 g/mol. The minimum atomic E-state index is -0.343. The first-order valence-corrected chi connectivity index (χ1v) is 9.38. The van der Waals surface area contributed by atoms with Gasteiger partial charge in [-0.15, -0.1) is 0 Å². The molecule has 0 amide bonds. The maximum atomic E-state index is 11.6. The predicted molar refractivity (Wildman–Crippen MR) is 92.0 cm³/mol. The highest BCUT2D eigenvalue weighted by atomic mass is 16.5. The Hall–Kier alpha value is -0.860. The van der Waals surface area contributed by atoms with E-state index in [-0.39, 0.29) is 18.2 Å². The van der Waals surface area contributed by atoms with Crippen LogP contribution in [-0.2, 0) is 14.3 Å². The molecule has 0 aliphatic rings. The number of Topliss-reactive ketones (excluding diaryl/α,β-unsaturated/α-hetero) is 1. The van der Waals surface area contributed by atoms with Gasteiger partial charge in [0.1, 0.15) is 12.2 Å². The summed E-state index contributed by atoms with van der Waals surface area (Å²) in [5.41, 5.74) is 0. The zero-order valence-electron chi connectivity index (χ0n) is 14.8. The molecule has 0 bridgehead atoms. The number of carbonyl (C=O) groups is 2. The molecule has 0 radical (unpaired) electrons. The third-order valence-corrected chi connectivity index (χ3v) is 3.91. The molecule has 3 nitrogen and oxygen atoms in total. The molecular formula is C19H36O3. The highest BCUT2D eigenvalue weighted by Crippen LogP contribution is 2.09. The SMILES string of the molecule is CCCCCCCCOC(=O)CC(=O)CCCCCCCC. The fraction of sp³-hybridized carbons (Fsp3) is 0.895. The summed E-state index contributed by atoms with van der Waals surface area (Å²) in [6, 6.07) is 0. The van der Waals surface area contributed by atoms with E-state index in [1.807, 2.05) is 0 Å². The van der Waals surface area contributed by atoms with Gasteiger partial charge < -0.3 is 4.74 Å². The van der Waals surface area contributed by atoms with Crippen LogP contribution in [0.25, 0.3) is 0 Å². The summed E-state index contributed by atoms with van der Waals surface area (Å²) < 4.78 is 5.12. The maximum Gasteiger partial charge on any atom is 0.313 e. The molecule has 0 aromatic heterocycles. The quantitative estimate of drug-likeness (QED) is 0.212. The van der Waals surface area contributed by atoms with Gasteiger partial charge in [-0.25, -0.2) is 0 Å². The summed E-state index contributed by atoms with van der Waals surface area (Å²) in [4.78, 5) is 23.2. The van der Waals surface area contributed by atoms with Crippen LogP contribution in [0.5, 0.6) is 0 Å². The molecule has 0 aromatic rings. The molecule has 0 atom stereocenters. The molecule has 0 saturated carbocycles. The molecule has 22 heavy (non-hydrogen) atoms. The number of hydrogen-bond acceptors (Lipinski definition) is 3. The molecule has 0 aliphatic carbocycles. The van der Waals surface area contributed by atoms with Crippen LogP contribution in [0, 0.1) is 0 Å². The van der Waals surface area contributed by atoms with E-state index in [9.17, 15) is 9.59 Å². The first-order valence-electron chi connectivity index (χ1n) is 9.38. The summed E-state index contributed by atoms with van der Waals surface area (Å²) in [6.45, 7) is 4.86. The zero-order valence-corrected chi connectivity index (χ0v) is 14.8. The van der Waals surface area contributed by atoms with Gasteiger partial charge in [0, 0.05) is 6.42 Å². The van der Waals surface area contributed by atoms with Crippen molar-refractivity contribution in [1.29, 1.82) is 0 Å². The molecule has 130 valence electrons. The number of hydrogen-bond donors (Lipinski definition) is 0. The lowest BCUT2D eigenvalue weighted by Crippen LogP contribution is -2.12. The van der Waals surface area contributed by atoms with Crippen LogP contribution in [0.1, 0.15) is 104 Å². The Morgan fingerprint density at radius 1 is 0.682 bits per heavy atom. The second-order valence-corrected chi connectivity index (χ2v) is 6.22. The van der Waals surface area contributed by atoms with Gasteiger partial charge in [0.05, 0.1) is 6.61 Å². The maximum absolute atomic E-state index is 11.6. The van der Waals surface area contributed by atoms with Crippen molar-refractivity contribution in [2.24, 2.45) is 0 Å². The largest absolute Gasteiger partial charge is 0.465 e. The highest BCUT2D eigenvalue weighted by molar-refractivity contribution is 5.95. The van der Waals surface area contributed by atoms with Gasteiger partial charge in [0.15, 0.2) is 0 Å². The Bertz CT molecular complexity index is 274. The highest BCUT2D eigenvalue weighted by Gasteiger charge is 2.10. The van der Waals surface area contributed by atoms with Crippen molar-refractivity contribution < 1.29 is 14.3 Å². The first-order chi connectivity index (χ1) is 10.7. The first kappa shape index (κ1) is 21.1. The monoisotopic (exact) mass is 312 g/mol. The average Bonchev–Trinajstić information content (AvgIpc) is 2.50. The van der Waals surface area contributed by atoms with E-state index in [1.165, 1.54) is 51.4 Å². The minimum Gasteiger partial charge on any atom is -0.465 e. The van der Waals surface area contributed by atoms with Gasteiger partial charge in [0.25, 0.3) is 0 Å². The lowest BCUT2D eigenvalue weighted by molar-refractivity contribution is -0.146. The topological polar surface area (TPSA) is 43.4 Å². The molecule has 0 heterocycles. The van der Waals surface area contributed by atoms with Gasteiger partial charge in [-0.1, -0.05) is 78.1 Å². The van der Waals surface area contributed by atoms with Gasteiger partial charge in [0.2, 0.25) is 0 Å². The molecule has 0 spiro atoms. The van der Waals surface area contributed by atoms with Gasteiger partial charge in [-0.05, 0) is 12.8 Å². The Kier molecular flexibility index (Phi) is 15.9. The van der Waals surface area contributed by atoms with Gasteiger partial charge >= 0.3 is 5.97 Å². The molecule has 0 aromatic carbocycles. The molecule has 0 rings (SSSR count). The van der Waals surface area contributed by atoms with Crippen molar-refractivity contribution in [2.75, 3.05) is 6.61 Å². The van der Waals surface area contributed by atoms with Crippen molar-refractivity contribution in [3.8, 4) is 0 Å². The number of ketones is 1. The second kappa shape index (κ2) is 16.5. The van der Waals surface area contributed by atoms with E-state index in [1.54, 1.807) is 0 Å². The van der Waals surface area contributed by atoms with Crippen LogP contribution in [0.15, 0.2) is 0 Å². The van der Waals surface area contributed by atoms with E-state index >= 15 is 0 Å². The zero-order chi connectivity index (χ0) is 16.5. The minimum absolute atomic E-state index is 0.0310. The third-order valence-electron chi connectivity index (χ3n) is 3.91. The Morgan fingerprint density at radius 2 is 1.18 bits per heavy atom. The smallest absolute Gasteiger partial charge is 0.313 e. The molecular weight excluding hydrogens is 276 g/mol. The molecule has 0 unspecified atom stereocenters. The Morgan fingerprint density at radius 3 is 1.77 bits per heavy atom. The standard InChI is InChI=1S/C19H36O3/c1-3-5-7-9-11-13-15-18(20)17-19(21)22-16-14-12-10-8-6-4-2/h3-17H2,1-2H3. The molecule has 3 heteroatoms. The van der Waals surface area contributed by atoms with E-state index < -0.39 is 0 Å². The van der Waals surface area contributed by atoms with Crippen molar-refractivity contribution in [2.45, 2.75) is 104 Å². The molecule has 0 N–H and O–H groups in total. The molecule has 0 fully saturated rings. The van der Waals surface area contributed by atoms with Crippen molar-refractivity contribution in [3.63, 3.8) is 0 Å². The van der Waals surface area contributed by atoms with E-state index in [4.69, 9.17) is 4.74 Å². The van der Waals surface area contributed by atoms with Crippen molar-refractivity contribution >= 4 is 11.8 Å². The van der Waals surface area contributed by atoms with Gasteiger partial charge in [-0.2, -0.15) is 0 Å². The van der Waals surface area contributed by atoms with Gasteiger partial charge in [-0.3, -0.25) is 9.59 Å². The van der Waals surface area contributed by atoms with Crippen LogP contribution in [0.4, 0.5) is 0 Å². The van der Waals surface area contributed by atoms with Crippen LogP contribution in [-0.4, -0.2) is 18.4 Å². The summed E-state index contributed by atoms with van der Waals surface area (Å²) >= 11 is 0. The third kappa shape index (κ3) is 15.5. The van der Waals surface area contributed by atoms with Crippen LogP contribution >= 0.6 is 0 Å². The Labute approximate surface area is 137 Å². The fourth-order valence-corrected chi connectivity index (χ4v) is 2.47. The summed E-state index contributed by atoms with van der Waals surface area (Å²) in [6.07, 6.45) is 14.5. The summed E-state index contributed by atoms with van der Waals surface area (Å²) in [5.74, 6) is -0.312. The lowest BCUT2D eigenvalue weighted by Gasteiger charge is -2.05. The number of unbranched alkanes of at least 4 members (excludes halogenated alkanes) is 10. The fourth-order valence-electron chi connectivity index (χ4n) is 2.47. The number of esters is 1. The second-order valence-electron chi connectivity index (χ2n) is 6.22. The van der Waals surface area contributed by atoms with E-state index in [2.05, 4.69) is 13.8 Å².